The first-order valence-corrected chi connectivity index (χ1v) is 8.26. The summed E-state index contributed by atoms with van der Waals surface area (Å²) in [6.45, 7) is 14.2. The SMILES string of the molecule is CC(C)CNC(=NCC(=O)N(C)C)NC(C)CCC(C)(C)C. The van der Waals surface area contributed by atoms with Crippen molar-refractivity contribution in [2.24, 2.45) is 16.3 Å². The van der Waals surface area contributed by atoms with Crippen LogP contribution in [-0.2, 0) is 4.79 Å². The van der Waals surface area contributed by atoms with Crippen molar-refractivity contribution in [3.63, 3.8) is 0 Å². The molecule has 0 aliphatic heterocycles. The zero-order valence-corrected chi connectivity index (χ0v) is 15.8. The number of guanidine groups is 1. The summed E-state index contributed by atoms with van der Waals surface area (Å²) in [6, 6.07) is 0.326. The standard InChI is InChI=1S/C17H36N4O/c1-13(2)11-18-16(19-12-15(22)21(7)8)20-14(3)9-10-17(4,5)6/h13-14H,9-12H2,1-8H3,(H2,18,19,20). The number of carbonyl (C=O) groups is 1. The monoisotopic (exact) mass is 312 g/mol. The number of amides is 1. The third kappa shape index (κ3) is 11.4. The Morgan fingerprint density at radius 2 is 1.77 bits per heavy atom. The van der Waals surface area contributed by atoms with Crippen LogP contribution in [0.25, 0.3) is 0 Å². The number of likely N-dealkylation sites (N-methyl/N-ethyl adjacent to an activating group) is 1. The maximum atomic E-state index is 11.7. The minimum atomic E-state index is 0.00740. The van der Waals surface area contributed by atoms with Gasteiger partial charge in [-0.3, -0.25) is 4.79 Å². The van der Waals surface area contributed by atoms with Gasteiger partial charge in [-0.2, -0.15) is 0 Å². The molecule has 1 atom stereocenters. The number of rotatable bonds is 7. The Balaban J connectivity index is 4.57. The van der Waals surface area contributed by atoms with E-state index in [1.807, 2.05) is 0 Å². The van der Waals surface area contributed by atoms with Gasteiger partial charge in [0.05, 0.1) is 0 Å². The Labute approximate surface area is 136 Å². The van der Waals surface area contributed by atoms with Gasteiger partial charge in [-0.1, -0.05) is 34.6 Å². The molecule has 1 amide bonds. The van der Waals surface area contributed by atoms with E-state index < -0.39 is 0 Å². The molecule has 0 aliphatic carbocycles. The topological polar surface area (TPSA) is 56.7 Å². The highest BCUT2D eigenvalue weighted by molar-refractivity contribution is 5.84. The lowest BCUT2D eigenvalue weighted by molar-refractivity contribution is -0.127. The second kappa shape index (κ2) is 9.70. The number of aliphatic imine (C=N–C) groups is 1. The van der Waals surface area contributed by atoms with Crippen LogP contribution in [0.3, 0.4) is 0 Å². The number of hydrogen-bond acceptors (Lipinski definition) is 2. The van der Waals surface area contributed by atoms with Crippen LogP contribution in [-0.4, -0.2) is 50.0 Å². The van der Waals surface area contributed by atoms with Crippen molar-refractivity contribution in [2.75, 3.05) is 27.2 Å². The molecule has 0 radical (unpaired) electrons. The largest absolute Gasteiger partial charge is 0.356 e. The molecule has 0 saturated carbocycles. The van der Waals surface area contributed by atoms with Crippen LogP contribution in [0.15, 0.2) is 4.99 Å². The molecule has 130 valence electrons. The summed E-state index contributed by atoms with van der Waals surface area (Å²) >= 11 is 0. The van der Waals surface area contributed by atoms with E-state index in [1.54, 1.807) is 19.0 Å². The van der Waals surface area contributed by atoms with Gasteiger partial charge in [-0.25, -0.2) is 4.99 Å². The molecule has 0 rings (SSSR count). The van der Waals surface area contributed by atoms with E-state index in [1.165, 1.54) is 0 Å². The van der Waals surface area contributed by atoms with Gasteiger partial charge in [0.2, 0.25) is 5.91 Å². The van der Waals surface area contributed by atoms with Gasteiger partial charge >= 0.3 is 0 Å². The number of nitrogens with one attached hydrogen (secondary N) is 2. The van der Waals surface area contributed by atoms with Gasteiger partial charge in [0.1, 0.15) is 6.54 Å². The van der Waals surface area contributed by atoms with Gasteiger partial charge in [0, 0.05) is 26.7 Å². The predicted molar refractivity (Wildman–Crippen MR) is 95.1 cm³/mol. The van der Waals surface area contributed by atoms with Gasteiger partial charge in [-0.15, -0.1) is 0 Å². The fourth-order valence-electron chi connectivity index (χ4n) is 1.70. The number of carbonyl (C=O) groups excluding carboxylic acids is 1. The molecular formula is C17H36N4O. The maximum Gasteiger partial charge on any atom is 0.243 e. The minimum absolute atomic E-state index is 0.00740. The summed E-state index contributed by atoms with van der Waals surface area (Å²) in [5.74, 6) is 1.26. The Morgan fingerprint density at radius 1 is 1.18 bits per heavy atom. The predicted octanol–water partition coefficient (Wildman–Crippen LogP) is 2.48. The second-order valence-corrected chi connectivity index (χ2v) is 7.87. The van der Waals surface area contributed by atoms with Crippen LogP contribution in [0.4, 0.5) is 0 Å². The Bertz CT molecular complexity index is 356. The summed E-state index contributed by atoms with van der Waals surface area (Å²) in [5.41, 5.74) is 0.333. The lowest BCUT2D eigenvalue weighted by atomic mass is 9.89. The molecule has 0 aromatic carbocycles. The maximum absolute atomic E-state index is 11.7. The molecule has 0 fully saturated rings. The Hall–Kier alpha value is -1.26. The van der Waals surface area contributed by atoms with Gasteiger partial charge in [-0.05, 0) is 31.1 Å². The molecule has 0 aromatic rings. The van der Waals surface area contributed by atoms with Crippen molar-refractivity contribution in [2.45, 2.75) is 60.4 Å². The fraction of sp³-hybridized carbons (Fsp3) is 0.882. The van der Waals surface area contributed by atoms with E-state index in [2.05, 4.69) is 57.2 Å². The van der Waals surface area contributed by atoms with Crippen molar-refractivity contribution in [3.05, 3.63) is 0 Å². The zero-order valence-electron chi connectivity index (χ0n) is 15.8. The number of nitrogens with zero attached hydrogens (tertiary/aromatic N) is 2. The lowest BCUT2D eigenvalue weighted by Crippen LogP contribution is -2.44. The van der Waals surface area contributed by atoms with Gasteiger partial charge in [0.15, 0.2) is 5.96 Å². The van der Waals surface area contributed by atoms with Crippen LogP contribution >= 0.6 is 0 Å². The average Bonchev–Trinajstić information content (AvgIpc) is 2.38. The van der Waals surface area contributed by atoms with Crippen molar-refractivity contribution in [1.82, 2.24) is 15.5 Å². The molecule has 0 heterocycles. The van der Waals surface area contributed by atoms with E-state index >= 15 is 0 Å². The van der Waals surface area contributed by atoms with Crippen molar-refractivity contribution >= 4 is 11.9 Å². The van der Waals surface area contributed by atoms with Crippen LogP contribution in [0.2, 0.25) is 0 Å². The molecule has 0 spiro atoms. The van der Waals surface area contributed by atoms with Crippen LogP contribution in [0.1, 0.15) is 54.4 Å². The highest BCUT2D eigenvalue weighted by atomic mass is 16.2. The lowest BCUT2D eigenvalue weighted by Gasteiger charge is -2.23. The smallest absolute Gasteiger partial charge is 0.243 e. The summed E-state index contributed by atoms with van der Waals surface area (Å²) in [4.78, 5) is 17.7. The van der Waals surface area contributed by atoms with E-state index in [0.717, 1.165) is 25.3 Å². The Morgan fingerprint density at radius 3 is 2.23 bits per heavy atom. The molecule has 0 bridgehead atoms. The summed E-state index contributed by atoms with van der Waals surface area (Å²) in [5, 5.41) is 6.72. The highest BCUT2D eigenvalue weighted by Gasteiger charge is 2.14. The zero-order chi connectivity index (χ0) is 17.3. The molecule has 1 unspecified atom stereocenters. The minimum Gasteiger partial charge on any atom is -0.356 e. The van der Waals surface area contributed by atoms with Gasteiger partial charge < -0.3 is 15.5 Å². The van der Waals surface area contributed by atoms with Crippen molar-refractivity contribution < 1.29 is 4.79 Å². The first kappa shape index (κ1) is 20.7. The van der Waals surface area contributed by atoms with Gasteiger partial charge in [0.25, 0.3) is 0 Å². The Kier molecular flexibility index (Phi) is 9.14. The first-order valence-electron chi connectivity index (χ1n) is 8.26. The summed E-state index contributed by atoms with van der Waals surface area (Å²) in [6.07, 6.45) is 2.22. The number of hydrogen-bond donors (Lipinski definition) is 2. The van der Waals surface area contributed by atoms with E-state index in [-0.39, 0.29) is 12.5 Å². The van der Waals surface area contributed by atoms with Crippen LogP contribution in [0.5, 0.6) is 0 Å². The molecule has 22 heavy (non-hydrogen) atoms. The molecule has 0 aromatic heterocycles. The van der Waals surface area contributed by atoms with Crippen LogP contribution < -0.4 is 10.6 Å². The average molecular weight is 313 g/mol. The van der Waals surface area contributed by atoms with E-state index in [9.17, 15) is 4.79 Å². The summed E-state index contributed by atoms with van der Waals surface area (Å²) < 4.78 is 0. The third-order valence-electron chi connectivity index (χ3n) is 3.26. The summed E-state index contributed by atoms with van der Waals surface area (Å²) in [7, 11) is 3.50. The second-order valence-electron chi connectivity index (χ2n) is 7.87. The first-order chi connectivity index (χ1) is 10.0. The quantitative estimate of drug-likeness (QED) is 0.561. The third-order valence-corrected chi connectivity index (χ3v) is 3.26. The molecule has 5 heteroatoms. The fourth-order valence-corrected chi connectivity index (χ4v) is 1.70. The normalized spacial score (nSPS) is 14.0. The highest BCUT2D eigenvalue weighted by Crippen LogP contribution is 2.21. The van der Waals surface area contributed by atoms with E-state index in [4.69, 9.17) is 0 Å². The molecule has 2 N–H and O–H groups in total. The molecule has 5 nitrogen and oxygen atoms in total. The molecular weight excluding hydrogens is 276 g/mol. The molecule has 0 saturated heterocycles. The van der Waals surface area contributed by atoms with Crippen molar-refractivity contribution in [1.29, 1.82) is 0 Å². The molecule has 0 aliphatic rings. The van der Waals surface area contributed by atoms with Crippen LogP contribution in [0, 0.1) is 11.3 Å². The van der Waals surface area contributed by atoms with E-state index in [0.29, 0.717) is 17.4 Å². The van der Waals surface area contributed by atoms with Crippen molar-refractivity contribution in [3.8, 4) is 0 Å².